The van der Waals surface area contributed by atoms with Gasteiger partial charge in [0.25, 0.3) is 0 Å². The van der Waals surface area contributed by atoms with Crippen molar-refractivity contribution in [3.05, 3.63) is 23.2 Å². The first kappa shape index (κ1) is 7.15. The SMILES string of the molecule is O=CCc1cc(Cl)ncn1. The fourth-order valence-corrected chi connectivity index (χ4v) is 0.737. The van der Waals surface area contributed by atoms with Crippen molar-refractivity contribution in [2.24, 2.45) is 0 Å². The van der Waals surface area contributed by atoms with E-state index in [4.69, 9.17) is 11.6 Å². The van der Waals surface area contributed by atoms with Gasteiger partial charge in [-0.05, 0) is 6.07 Å². The number of hydrogen-bond donors (Lipinski definition) is 0. The number of carbonyl (C=O) groups is 1. The Hall–Kier alpha value is -0.960. The summed E-state index contributed by atoms with van der Waals surface area (Å²) in [5.41, 5.74) is 0.648. The predicted octanol–water partition coefficient (Wildman–Crippen LogP) is 0.871. The summed E-state index contributed by atoms with van der Waals surface area (Å²) >= 11 is 5.51. The zero-order valence-electron chi connectivity index (χ0n) is 5.12. The number of carbonyl (C=O) groups excluding carboxylic acids is 1. The fourth-order valence-electron chi connectivity index (χ4n) is 0.567. The summed E-state index contributed by atoms with van der Waals surface area (Å²) in [5.74, 6) is 0. The van der Waals surface area contributed by atoms with Gasteiger partial charge < -0.3 is 4.79 Å². The molecule has 1 aromatic rings. The molecule has 0 aromatic carbocycles. The average molecular weight is 157 g/mol. The summed E-state index contributed by atoms with van der Waals surface area (Å²) < 4.78 is 0. The van der Waals surface area contributed by atoms with E-state index < -0.39 is 0 Å². The van der Waals surface area contributed by atoms with Crippen LogP contribution in [0.3, 0.4) is 0 Å². The van der Waals surface area contributed by atoms with Crippen LogP contribution in [0.25, 0.3) is 0 Å². The molecule has 0 atom stereocenters. The van der Waals surface area contributed by atoms with Gasteiger partial charge in [-0.25, -0.2) is 9.97 Å². The first-order valence-corrected chi connectivity index (χ1v) is 3.11. The highest BCUT2D eigenvalue weighted by Crippen LogP contribution is 2.03. The van der Waals surface area contributed by atoms with Crippen molar-refractivity contribution >= 4 is 17.9 Å². The van der Waals surface area contributed by atoms with E-state index in [1.807, 2.05) is 0 Å². The summed E-state index contributed by atoms with van der Waals surface area (Å²) in [6.45, 7) is 0. The van der Waals surface area contributed by atoms with Gasteiger partial charge in [-0.2, -0.15) is 0 Å². The normalized spacial score (nSPS) is 9.30. The van der Waals surface area contributed by atoms with Gasteiger partial charge in [0, 0.05) is 6.42 Å². The average Bonchev–Trinajstić information content (AvgIpc) is 1.88. The minimum absolute atomic E-state index is 0.294. The van der Waals surface area contributed by atoms with Crippen molar-refractivity contribution in [1.29, 1.82) is 0 Å². The van der Waals surface area contributed by atoms with Crippen LogP contribution in [0.1, 0.15) is 5.69 Å². The molecule has 0 unspecified atom stereocenters. The smallest absolute Gasteiger partial charge is 0.132 e. The molecule has 1 aromatic heterocycles. The summed E-state index contributed by atoms with van der Waals surface area (Å²) in [6, 6.07) is 1.57. The Morgan fingerprint density at radius 1 is 1.60 bits per heavy atom. The summed E-state index contributed by atoms with van der Waals surface area (Å²) in [7, 11) is 0. The molecule has 0 aliphatic carbocycles. The van der Waals surface area contributed by atoms with Gasteiger partial charge in [0.05, 0.1) is 5.69 Å². The second kappa shape index (κ2) is 3.27. The summed E-state index contributed by atoms with van der Waals surface area (Å²) in [5, 5.41) is 0.367. The highest BCUT2D eigenvalue weighted by molar-refractivity contribution is 6.29. The Labute approximate surface area is 63.1 Å². The van der Waals surface area contributed by atoms with Gasteiger partial charge in [0.2, 0.25) is 0 Å². The van der Waals surface area contributed by atoms with Gasteiger partial charge in [-0.15, -0.1) is 0 Å². The lowest BCUT2D eigenvalue weighted by atomic mass is 10.3. The van der Waals surface area contributed by atoms with Gasteiger partial charge in [0.1, 0.15) is 17.8 Å². The summed E-state index contributed by atoms with van der Waals surface area (Å²) in [6.07, 6.45) is 2.40. The maximum Gasteiger partial charge on any atom is 0.132 e. The van der Waals surface area contributed by atoms with Crippen LogP contribution >= 0.6 is 11.6 Å². The van der Waals surface area contributed by atoms with E-state index in [1.165, 1.54) is 6.33 Å². The molecule has 1 rings (SSSR count). The third kappa shape index (κ3) is 1.77. The van der Waals surface area contributed by atoms with E-state index in [-0.39, 0.29) is 0 Å². The molecule has 0 spiro atoms. The number of hydrogen-bond acceptors (Lipinski definition) is 3. The molecule has 0 saturated carbocycles. The van der Waals surface area contributed by atoms with E-state index in [0.717, 1.165) is 6.29 Å². The molecular weight excluding hydrogens is 152 g/mol. The van der Waals surface area contributed by atoms with Gasteiger partial charge in [-0.1, -0.05) is 11.6 Å². The monoisotopic (exact) mass is 156 g/mol. The maximum atomic E-state index is 9.98. The molecular formula is C6H5ClN2O. The molecule has 3 nitrogen and oxygen atoms in total. The van der Waals surface area contributed by atoms with Crippen molar-refractivity contribution in [3.8, 4) is 0 Å². The quantitative estimate of drug-likeness (QED) is 0.472. The molecule has 1 heterocycles. The predicted molar refractivity (Wildman–Crippen MR) is 36.8 cm³/mol. The number of nitrogens with zero attached hydrogens (tertiary/aromatic N) is 2. The molecule has 0 amide bonds. The standard InChI is InChI=1S/C6H5ClN2O/c7-6-3-5(1-2-10)8-4-9-6/h2-4H,1H2. The third-order valence-electron chi connectivity index (χ3n) is 0.983. The zero-order chi connectivity index (χ0) is 7.40. The fraction of sp³-hybridized carbons (Fsp3) is 0.167. The van der Waals surface area contributed by atoms with Crippen molar-refractivity contribution in [2.75, 3.05) is 0 Å². The van der Waals surface area contributed by atoms with Crippen LogP contribution in [-0.2, 0) is 11.2 Å². The van der Waals surface area contributed by atoms with Crippen LogP contribution < -0.4 is 0 Å². The molecule has 0 N–H and O–H groups in total. The van der Waals surface area contributed by atoms with Gasteiger partial charge in [-0.3, -0.25) is 0 Å². The van der Waals surface area contributed by atoms with Crippen molar-refractivity contribution < 1.29 is 4.79 Å². The number of aromatic nitrogens is 2. The Balaban J connectivity index is 2.84. The lowest BCUT2D eigenvalue weighted by Gasteiger charge is -1.91. The molecule has 0 bridgehead atoms. The van der Waals surface area contributed by atoms with E-state index in [0.29, 0.717) is 17.3 Å². The van der Waals surface area contributed by atoms with Crippen LogP contribution in [0.5, 0.6) is 0 Å². The lowest BCUT2D eigenvalue weighted by Crippen LogP contribution is -1.90. The van der Waals surface area contributed by atoms with Crippen molar-refractivity contribution in [3.63, 3.8) is 0 Å². The Morgan fingerprint density at radius 3 is 3.00 bits per heavy atom. The number of rotatable bonds is 2. The Bertz CT molecular complexity index is 239. The van der Waals surface area contributed by atoms with Crippen LogP contribution in [0.15, 0.2) is 12.4 Å². The molecule has 0 radical (unpaired) electrons. The van der Waals surface area contributed by atoms with E-state index in [9.17, 15) is 4.79 Å². The minimum atomic E-state index is 0.294. The molecule has 52 valence electrons. The van der Waals surface area contributed by atoms with Crippen LogP contribution in [-0.4, -0.2) is 16.3 Å². The van der Waals surface area contributed by atoms with Gasteiger partial charge in [0.15, 0.2) is 0 Å². The van der Waals surface area contributed by atoms with E-state index in [1.54, 1.807) is 6.07 Å². The molecule has 0 fully saturated rings. The van der Waals surface area contributed by atoms with Gasteiger partial charge >= 0.3 is 0 Å². The zero-order valence-corrected chi connectivity index (χ0v) is 5.88. The Kier molecular flexibility index (Phi) is 2.34. The first-order valence-electron chi connectivity index (χ1n) is 2.73. The molecule has 10 heavy (non-hydrogen) atoms. The Morgan fingerprint density at radius 2 is 2.40 bits per heavy atom. The van der Waals surface area contributed by atoms with E-state index in [2.05, 4.69) is 9.97 Å². The van der Waals surface area contributed by atoms with Crippen molar-refractivity contribution in [2.45, 2.75) is 6.42 Å². The molecule has 0 saturated heterocycles. The highest BCUT2D eigenvalue weighted by atomic mass is 35.5. The minimum Gasteiger partial charge on any atom is -0.303 e. The molecule has 4 heteroatoms. The van der Waals surface area contributed by atoms with Crippen LogP contribution in [0.2, 0.25) is 5.15 Å². The third-order valence-corrected chi connectivity index (χ3v) is 1.19. The van der Waals surface area contributed by atoms with Crippen LogP contribution in [0.4, 0.5) is 0 Å². The number of aldehydes is 1. The van der Waals surface area contributed by atoms with E-state index >= 15 is 0 Å². The lowest BCUT2D eigenvalue weighted by molar-refractivity contribution is -0.107. The van der Waals surface area contributed by atoms with Crippen LogP contribution in [0, 0.1) is 0 Å². The summed E-state index contributed by atoms with van der Waals surface area (Å²) in [4.78, 5) is 17.4. The highest BCUT2D eigenvalue weighted by Gasteiger charge is 1.93. The van der Waals surface area contributed by atoms with Crippen molar-refractivity contribution in [1.82, 2.24) is 9.97 Å². The topological polar surface area (TPSA) is 42.9 Å². The molecule has 0 aliphatic heterocycles. The second-order valence-electron chi connectivity index (χ2n) is 1.70. The number of halogens is 1. The first-order chi connectivity index (χ1) is 4.83. The second-order valence-corrected chi connectivity index (χ2v) is 2.09. The molecule has 0 aliphatic rings. The maximum absolute atomic E-state index is 9.98. The largest absolute Gasteiger partial charge is 0.303 e.